The van der Waals surface area contributed by atoms with Crippen molar-refractivity contribution in [3.05, 3.63) is 24.0 Å². The molecule has 7 saturated heterocycles. The van der Waals surface area contributed by atoms with Crippen molar-refractivity contribution in [3.8, 4) is 0 Å². The zero-order valence-corrected chi connectivity index (χ0v) is 55.9. The number of carbonyl (C=O) groups is 2. The molecule has 0 aromatic carbocycles. The molecule has 1 aromatic rings. The van der Waals surface area contributed by atoms with Crippen molar-refractivity contribution in [1.29, 1.82) is 0 Å². The van der Waals surface area contributed by atoms with Crippen molar-refractivity contribution in [2.75, 3.05) is 195 Å². The second-order valence-electron chi connectivity index (χ2n) is 24.2. The largest absolute Gasteiger partial charge is 0.393 e. The summed E-state index contributed by atoms with van der Waals surface area (Å²) in [6.45, 7) is 23.7. The van der Waals surface area contributed by atoms with Crippen molar-refractivity contribution < 1.29 is 28.9 Å². The second kappa shape index (κ2) is 52.8. The van der Waals surface area contributed by atoms with Gasteiger partial charge in [0.05, 0.1) is 25.4 Å². The molecule has 0 bridgehead atoms. The van der Waals surface area contributed by atoms with Crippen LogP contribution >= 0.6 is 0 Å². The molecular weight excluding hydrogens is 1050 g/mol. The average molecular weight is 1180 g/mol. The third-order valence-corrected chi connectivity index (χ3v) is 17.0. The summed E-state index contributed by atoms with van der Waals surface area (Å²) in [5.41, 5.74) is 1.32. The van der Waals surface area contributed by atoms with Gasteiger partial charge in [-0.2, -0.15) is 0 Å². The third-order valence-electron chi connectivity index (χ3n) is 17.0. The fourth-order valence-corrected chi connectivity index (χ4v) is 10.9. The number of aliphatic hydroxyl groups is 1. The Hall–Kier alpha value is -2.34. The molecule has 7 N–H and O–H groups in total. The maximum atomic E-state index is 10.9. The Balaban J connectivity index is 0.000000463. The van der Waals surface area contributed by atoms with Crippen molar-refractivity contribution in [2.45, 2.75) is 173 Å². The number of nitrogens with zero attached hydrogens (tertiary/aromatic N) is 7. The lowest BCUT2D eigenvalue weighted by Crippen LogP contribution is -2.46. The van der Waals surface area contributed by atoms with Crippen LogP contribution in [0.2, 0.25) is 0 Å². The minimum Gasteiger partial charge on any atom is -0.393 e. The molecule has 1 aromatic heterocycles. The summed E-state index contributed by atoms with van der Waals surface area (Å²) in [7, 11) is 22.5. The standard InChI is InChI=1S/C8H16N2O.C8H17N.C7H14N2O.C7H12N2.3C6H13NO.C6H13N.C5H11NO.C5H11N/c1-7(11)10-5-3-8(9-2)4-6-10;1-9-7-8-5-3-2-4-6-8;1-7(10)9-5-3-8(2)4-6-9;1-8-6-7-4-3-5-9(7)2;1-7-6-2-4-8-5-3-6;1-7-4-2-6(8)3-5-7;1-7-5-6-3-2-4-8-6;1-7-6-4-2-3-5-6;1-6-2-4-7-5-3-6;1-6-4-2-3-5-6/h8-9H,3-6H2,1-2H3;8-9H,2-7H2,1H3;3-6H2,1-2H3;3-5,8H,6H2,1-2H3;6-7H,2-5H2,1H3;6,8H,2-5H2,1H3;6-7H,2-5H2,1H3;6-7H,2-5H2,1H3;2-5H2,1H3;2-5H2,1H3. The lowest BCUT2D eigenvalue weighted by molar-refractivity contribution is -0.131. The molecule has 19 nitrogen and oxygen atoms in total. The molecule has 2 saturated carbocycles. The monoisotopic (exact) mass is 1180 g/mol. The Labute approximate surface area is 509 Å². The van der Waals surface area contributed by atoms with Crippen LogP contribution in [-0.2, 0) is 37.4 Å². The van der Waals surface area contributed by atoms with Crippen LogP contribution in [0.1, 0.15) is 142 Å². The summed E-state index contributed by atoms with van der Waals surface area (Å²) in [5.74, 6) is 1.40. The van der Waals surface area contributed by atoms with E-state index < -0.39 is 0 Å². The number of hydrogen-bond acceptors (Lipinski definition) is 16. The smallest absolute Gasteiger partial charge is 0.219 e. The highest BCUT2D eigenvalue weighted by atomic mass is 16.5. The molecule has 1 unspecified atom stereocenters. The number of morpholine rings is 1. The maximum Gasteiger partial charge on any atom is 0.219 e. The molecule has 2 aliphatic carbocycles. The molecule has 19 heteroatoms. The lowest BCUT2D eigenvalue weighted by atomic mass is 9.89. The minimum atomic E-state index is -0.0220. The van der Waals surface area contributed by atoms with Crippen LogP contribution in [0.25, 0.3) is 0 Å². The number of likely N-dealkylation sites (tertiary alicyclic amines) is 3. The molecule has 83 heavy (non-hydrogen) atoms. The molecule has 2 amide bonds. The lowest BCUT2D eigenvalue weighted by Gasteiger charge is -2.31. The van der Waals surface area contributed by atoms with E-state index in [4.69, 9.17) is 19.3 Å². The Morgan fingerprint density at radius 1 is 0.470 bits per heavy atom. The Morgan fingerprint density at radius 2 is 0.940 bits per heavy atom. The van der Waals surface area contributed by atoms with Gasteiger partial charge in [-0.05, 0) is 198 Å². The van der Waals surface area contributed by atoms with Crippen LogP contribution < -0.4 is 31.9 Å². The van der Waals surface area contributed by atoms with E-state index in [1.807, 2.05) is 57.3 Å². The van der Waals surface area contributed by atoms with Crippen molar-refractivity contribution in [3.63, 3.8) is 0 Å². The Kier molecular flexibility index (Phi) is 50.0. The Morgan fingerprint density at radius 3 is 1.33 bits per heavy atom. The van der Waals surface area contributed by atoms with E-state index >= 15 is 0 Å². The number of ether oxygens (including phenoxy) is 3. The summed E-state index contributed by atoms with van der Waals surface area (Å²) in [6, 6.07) is 6.33. The van der Waals surface area contributed by atoms with Crippen molar-refractivity contribution in [1.82, 2.24) is 65.9 Å². The van der Waals surface area contributed by atoms with Crippen molar-refractivity contribution in [2.24, 2.45) is 13.0 Å². The van der Waals surface area contributed by atoms with Gasteiger partial charge < -0.3 is 85.2 Å². The van der Waals surface area contributed by atoms with Gasteiger partial charge in [0.25, 0.3) is 0 Å². The molecule has 9 fully saturated rings. The van der Waals surface area contributed by atoms with E-state index in [-0.39, 0.29) is 17.9 Å². The fourth-order valence-electron chi connectivity index (χ4n) is 10.9. The molecule has 9 aliphatic rings. The highest BCUT2D eigenvalue weighted by Gasteiger charge is 2.20. The fraction of sp³-hybridized carbons (Fsp3) is 0.906. The van der Waals surface area contributed by atoms with Gasteiger partial charge in [-0.15, -0.1) is 0 Å². The maximum absolute atomic E-state index is 10.9. The summed E-state index contributed by atoms with van der Waals surface area (Å²) < 4.78 is 17.7. The minimum absolute atomic E-state index is 0.0220. The first kappa shape index (κ1) is 78.7. The molecule has 0 spiro atoms. The first-order chi connectivity index (χ1) is 40.1. The summed E-state index contributed by atoms with van der Waals surface area (Å²) in [4.78, 5) is 34.6. The average Bonchev–Trinajstić information content (AvgIpc) is 4.41. The summed E-state index contributed by atoms with van der Waals surface area (Å²) in [5, 5.41) is 28.1. The number of carbonyl (C=O) groups excluding carboxylic acids is 2. The van der Waals surface area contributed by atoms with E-state index in [0.29, 0.717) is 18.2 Å². The van der Waals surface area contributed by atoms with Crippen LogP contribution in [-0.4, -0.2) is 276 Å². The predicted octanol–water partition coefficient (Wildman–Crippen LogP) is 5.18. The predicted molar refractivity (Wildman–Crippen MR) is 348 cm³/mol. The van der Waals surface area contributed by atoms with Gasteiger partial charge in [0, 0.05) is 149 Å². The van der Waals surface area contributed by atoms with Gasteiger partial charge in [-0.1, -0.05) is 32.1 Å². The highest BCUT2D eigenvalue weighted by molar-refractivity contribution is 5.73. The number of rotatable bonds is 9. The van der Waals surface area contributed by atoms with Crippen LogP contribution in [0.3, 0.4) is 0 Å². The third kappa shape index (κ3) is 43.0. The molecule has 1 atom stereocenters. The number of likely N-dealkylation sites (N-methyl/N-ethyl adjacent to an activating group) is 3. The molecule has 7 aliphatic heterocycles. The van der Waals surface area contributed by atoms with Crippen LogP contribution in [0, 0.1) is 5.92 Å². The number of piperazine rings is 1. The summed E-state index contributed by atoms with van der Waals surface area (Å²) >= 11 is 0. The van der Waals surface area contributed by atoms with E-state index in [1.54, 1.807) is 13.8 Å². The van der Waals surface area contributed by atoms with E-state index in [9.17, 15) is 9.59 Å². The van der Waals surface area contributed by atoms with Gasteiger partial charge in [0.15, 0.2) is 0 Å². The first-order valence-corrected chi connectivity index (χ1v) is 32.8. The number of aryl methyl sites for hydroxylation is 1. The number of hydrogen-bond donors (Lipinski definition) is 7. The molecule has 10 rings (SSSR count). The van der Waals surface area contributed by atoms with E-state index in [1.165, 1.54) is 122 Å². The number of piperidine rings is 2. The SMILES string of the molecule is CC(=O)N1CCN(C)CC1.CN1CCC(O)CC1.CN1CCCC1.CN1CCOCC1.CNC1CCCC1.CNC1CCN(C(C)=O)CC1.CNC1CCOCC1.CNCC1CCCCC1.CNCC1CCCO1.CNCc1cccn1C. The normalized spacial score (nSPS) is 22.3. The topological polar surface area (TPSA) is 179 Å². The van der Waals surface area contributed by atoms with Gasteiger partial charge >= 0.3 is 0 Å². The molecule has 8 heterocycles. The zero-order valence-electron chi connectivity index (χ0n) is 55.9. The molecular formula is C64H133N13O6. The van der Waals surface area contributed by atoms with Crippen LogP contribution in [0.5, 0.6) is 0 Å². The molecule has 490 valence electrons. The quantitative estimate of drug-likeness (QED) is 0.172. The van der Waals surface area contributed by atoms with Crippen LogP contribution in [0.15, 0.2) is 18.3 Å². The Bertz CT molecular complexity index is 1560. The number of aromatic nitrogens is 1. The van der Waals surface area contributed by atoms with Crippen molar-refractivity contribution >= 4 is 11.8 Å². The van der Waals surface area contributed by atoms with E-state index in [2.05, 4.69) is 104 Å². The van der Waals surface area contributed by atoms with Crippen LogP contribution in [0.4, 0.5) is 0 Å². The van der Waals surface area contributed by atoms with Gasteiger partial charge in [0.2, 0.25) is 11.8 Å². The zero-order chi connectivity index (χ0) is 61.3. The van der Waals surface area contributed by atoms with Gasteiger partial charge in [0.1, 0.15) is 0 Å². The second-order valence-corrected chi connectivity index (χ2v) is 24.2. The number of amides is 2. The van der Waals surface area contributed by atoms with E-state index in [0.717, 1.165) is 149 Å². The van der Waals surface area contributed by atoms with Gasteiger partial charge in [-0.25, -0.2) is 0 Å². The highest BCUT2D eigenvalue weighted by Crippen LogP contribution is 2.22. The number of aliphatic hydroxyl groups excluding tert-OH is 1. The summed E-state index contributed by atoms with van der Waals surface area (Å²) in [6.07, 6.45) is 27.3. The van der Waals surface area contributed by atoms with Gasteiger partial charge in [-0.3, -0.25) is 9.59 Å². The number of nitrogens with one attached hydrogen (secondary N) is 6. The first-order valence-electron chi connectivity index (χ1n) is 32.8. The molecule has 0 radical (unpaired) electrons.